The van der Waals surface area contributed by atoms with Crippen LogP contribution in [-0.4, -0.2) is 41.3 Å². The molecule has 1 saturated heterocycles. The fourth-order valence-electron chi connectivity index (χ4n) is 2.62. The Labute approximate surface area is 156 Å². The number of rotatable bonds is 2. The van der Waals surface area contributed by atoms with Crippen LogP contribution in [0.15, 0.2) is 42.5 Å². The predicted molar refractivity (Wildman–Crippen MR) is 105 cm³/mol. The van der Waals surface area contributed by atoms with Gasteiger partial charge in [0.1, 0.15) is 5.75 Å². The summed E-state index contributed by atoms with van der Waals surface area (Å²) in [6, 6.07) is 12.6. The summed E-state index contributed by atoms with van der Waals surface area (Å²) in [5, 5.41) is 14.4. The number of halogens is 2. The number of thiocarbonyl (C=S) groups is 1. The van der Waals surface area contributed by atoms with E-state index < -0.39 is 0 Å². The molecule has 1 fully saturated rings. The van der Waals surface area contributed by atoms with Crippen LogP contribution in [0.4, 0.5) is 11.4 Å². The average Bonchev–Trinajstić information content (AvgIpc) is 2.58. The minimum Gasteiger partial charge on any atom is -0.508 e. The van der Waals surface area contributed by atoms with Gasteiger partial charge < -0.3 is 20.2 Å². The summed E-state index contributed by atoms with van der Waals surface area (Å²) < 4.78 is 0. The van der Waals surface area contributed by atoms with Gasteiger partial charge in [-0.25, -0.2) is 0 Å². The van der Waals surface area contributed by atoms with E-state index in [0.717, 1.165) is 37.6 Å². The van der Waals surface area contributed by atoms with E-state index in [2.05, 4.69) is 15.1 Å². The molecule has 24 heavy (non-hydrogen) atoms. The highest BCUT2D eigenvalue weighted by atomic mass is 35.5. The molecule has 1 heterocycles. The topological polar surface area (TPSA) is 38.7 Å². The first kappa shape index (κ1) is 17.1. The van der Waals surface area contributed by atoms with Crippen LogP contribution in [-0.2, 0) is 0 Å². The Morgan fingerprint density at radius 3 is 2.29 bits per heavy atom. The molecule has 1 aliphatic heterocycles. The minimum atomic E-state index is 0.280. The normalized spacial score (nSPS) is 14.6. The SMILES string of the molecule is Oc1ccc(N2CCN(C(=S)Nc3ccc(Cl)cc3Cl)CC2)cc1. The van der Waals surface area contributed by atoms with E-state index >= 15 is 0 Å². The molecule has 4 nitrogen and oxygen atoms in total. The smallest absolute Gasteiger partial charge is 0.173 e. The number of benzene rings is 2. The van der Waals surface area contributed by atoms with Gasteiger partial charge >= 0.3 is 0 Å². The van der Waals surface area contributed by atoms with Crippen LogP contribution in [0.5, 0.6) is 5.75 Å². The van der Waals surface area contributed by atoms with Gasteiger partial charge in [-0.1, -0.05) is 23.2 Å². The van der Waals surface area contributed by atoms with Gasteiger partial charge in [0.2, 0.25) is 0 Å². The number of phenolic OH excluding ortho intramolecular Hbond substituents is 1. The molecular formula is C17H17Cl2N3OS. The molecule has 0 unspecified atom stereocenters. The lowest BCUT2D eigenvalue weighted by Gasteiger charge is -2.37. The van der Waals surface area contributed by atoms with E-state index in [1.54, 1.807) is 24.3 Å². The van der Waals surface area contributed by atoms with Crippen molar-refractivity contribution in [1.82, 2.24) is 4.90 Å². The Morgan fingerprint density at radius 2 is 1.67 bits per heavy atom. The van der Waals surface area contributed by atoms with Crippen molar-refractivity contribution in [3.05, 3.63) is 52.5 Å². The fourth-order valence-corrected chi connectivity index (χ4v) is 3.36. The van der Waals surface area contributed by atoms with Crippen molar-refractivity contribution >= 4 is 51.9 Å². The Morgan fingerprint density at radius 1 is 1.00 bits per heavy atom. The van der Waals surface area contributed by atoms with E-state index in [1.807, 2.05) is 18.2 Å². The lowest BCUT2D eigenvalue weighted by atomic mass is 10.2. The zero-order valence-corrected chi connectivity index (χ0v) is 15.2. The maximum Gasteiger partial charge on any atom is 0.173 e. The molecule has 0 atom stereocenters. The van der Waals surface area contributed by atoms with Gasteiger partial charge in [0, 0.05) is 36.9 Å². The summed E-state index contributed by atoms with van der Waals surface area (Å²) in [5.41, 5.74) is 1.86. The van der Waals surface area contributed by atoms with Crippen molar-refractivity contribution < 1.29 is 5.11 Å². The zero-order valence-electron chi connectivity index (χ0n) is 12.9. The number of hydrogen-bond donors (Lipinski definition) is 2. The molecular weight excluding hydrogens is 365 g/mol. The van der Waals surface area contributed by atoms with E-state index in [4.69, 9.17) is 35.4 Å². The van der Waals surface area contributed by atoms with Crippen LogP contribution in [0.2, 0.25) is 10.0 Å². The van der Waals surface area contributed by atoms with Gasteiger partial charge in [-0.2, -0.15) is 0 Å². The lowest BCUT2D eigenvalue weighted by Crippen LogP contribution is -2.50. The molecule has 0 bridgehead atoms. The first-order valence-electron chi connectivity index (χ1n) is 7.58. The second-order valence-corrected chi connectivity index (χ2v) is 6.78. The largest absolute Gasteiger partial charge is 0.508 e. The third kappa shape index (κ3) is 4.04. The predicted octanol–water partition coefficient (Wildman–Crippen LogP) is 4.22. The molecule has 0 spiro atoms. The van der Waals surface area contributed by atoms with Crippen molar-refractivity contribution in [1.29, 1.82) is 0 Å². The van der Waals surface area contributed by atoms with Crippen LogP contribution >= 0.6 is 35.4 Å². The Balaban J connectivity index is 1.58. The van der Waals surface area contributed by atoms with Crippen LogP contribution in [0, 0.1) is 0 Å². The number of hydrogen-bond acceptors (Lipinski definition) is 3. The summed E-state index contributed by atoms with van der Waals surface area (Å²) in [6.07, 6.45) is 0. The van der Waals surface area contributed by atoms with Gasteiger partial charge in [-0.15, -0.1) is 0 Å². The molecule has 0 radical (unpaired) electrons. The Bertz CT molecular complexity index is 731. The van der Waals surface area contributed by atoms with Crippen molar-refractivity contribution in [3.63, 3.8) is 0 Å². The molecule has 0 saturated carbocycles. The Hall–Kier alpha value is -1.69. The minimum absolute atomic E-state index is 0.280. The van der Waals surface area contributed by atoms with Crippen LogP contribution in [0.25, 0.3) is 0 Å². The van der Waals surface area contributed by atoms with E-state index in [9.17, 15) is 5.11 Å². The Kier molecular flexibility index (Phi) is 5.33. The number of phenols is 1. The monoisotopic (exact) mass is 381 g/mol. The van der Waals surface area contributed by atoms with E-state index in [1.165, 1.54) is 0 Å². The molecule has 2 aromatic rings. The molecule has 1 aliphatic rings. The number of nitrogens with zero attached hydrogens (tertiary/aromatic N) is 2. The summed E-state index contributed by atoms with van der Waals surface area (Å²) in [4.78, 5) is 4.39. The third-order valence-corrected chi connectivity index (χ3v) is 4.86. The highest BCUT2D eigenvalue weighted by Gasteiger charge is 2.19. The zero-order chi connectivity index (χ0) is 17.1. The highest BCUT2D eigenvalue weighted by molar-refractivity contribution is 7.80. The molecule has 3 rings (SSSR count). The molecule has 2 aromatic carbocycles. The molecule has 0 amide bonds. The highest BCUT2D eigenvalue weighted by Crippen LogP contribution is 2.26. The summed E-state index contributed by atoms with van der Waals surface area (Å²) >= 11 is 17.6. The van der Waals surface area contributed by atoms with Gasteiger partial charge in [0.15, 0.2) is 5.11 Å². The molecule has 7 heteroatoms. The van der Waals surface area contributed by atoms with Gasteiger partial charge in [0.05, 0.1) is 10.7 Å². The second-order valence-electron chi connectivity index (χ2n) is 5.54. The van der Waals surface area contributed by atoms with E-state index in [-0.39, 0.29) is 5.75 Å². The quantitative estimate of drug-likeness (QED) is 0.761. The number of aromatic hydroxyl groups is 1. The lowest BCUT2D eigenvalue weighted by molar-refractivity contribution is 0.391. The van der Waals surface area contributed by atoms with E-state index in [0.29, 0.717) is 15.2 Å². The third-order valence-electron chi connectivity index (χ3n) is 3.95. The first-order valence-corrected chi connectivity index (χ1v) is 8.74. The summed E-state index contributed by atoms with van der Waals surface area (Å²) in [5.74, 6) is 0.280. The van der Waals surface area contributed by atoms with Crippen molar-refractivity contribution in [3.8, 4) is 5.75 Å². The van der Waals surface area contributed by atoms with Crippen LogP contribution < -0.4 is 10.2 Å². The summed E-state index contributed by atoms with van der Waals surface area (Å²) in [7, 11) is 0. The van der Waals surface area contributed by atoms with Crippen LogP contribution in [0.3, 0.4) is 0 Å². The average molecular weight is 382 g/mol. The number of nitrogens with one attached hydrogen (secondary N) is 1. The van der Waals surface area contributed by atoms with Gasteiger partial charge in [-0.3, -0.25) is 0 Å². The number of piperazine rings is 1. The fraction of sp³-hybridized carbons (Fsp3) is 0.235. The van der Waals surface area contributed by atoms with Gasteiger partial charge in [-0.05, 0) is 54.7 Å². The van der Waals surface area contributed by atoms with Gasteiger partial charge in [0.25, 0.3) is 0 Å². The second kappa shape index (κ2) is 7.47. The molecule has 126 valence electrons. The maximum atomic E-state index is 9.38. The summed E-state index contributed by atoms with van der Waals surface area (Å²) in [6.45, 7) is 3.36. The number of anilines is 2. The molecule has 2 N–H and O–H groups in total. The molecule has 0 aliphatic carbocycles. The molecule has 0 aromatic heterocycles. The van der Waals surface area contributed by atoms with Crippen molar-refractivity contribution in [2.45, 2.75) is 0 Å². The van der Waals surface area contributed by atoms with Crippen molar-refractivity contribution in [2.75, 3.05) is 36.4 Å². The van der Waals surface area contributed by atoms with Crippen molar-refractivity contribution in [2.24, 2.45) is 0 Å². The standard InChI is InChI=1S/C17H17Cl2N3OS/c18-12-1-6-16(15(19)11-12)20-17(24)22-9-7-21(8-10-22)13-2-4-14(23)5-3-13/h1-6,11,23H,7-10H2,(H,20,24). The maximum absolute atomic E-state index is 9.38. The van der Waals surface area contributed by atoms with Crippen LogP contribution in [0.1, 0.15) is 0 Å². The first-order chi connectivity index (χ1) is 11.5.